The highest BCUT2D eigenvalue weighted by Crippen LogP contribution is 2.12. The summed E-state index contributed by atoms with van der Waals surface area (Å²) in [7, 11) is 1.48. The van der Waals surface area contributed by atoms with Gasteiger partial charge in [-0.15, -0.1) is 0 Å². The van der Waals surface area contributed by atoms with E-state index in [1.54, 1.807) is 24.3 Å². The van der Waals surface area contributed by atoms with Crippen LogP contribution in [0.5, 0.6) is 0 Å². The van der Waals surface area contributed by atoms with Crippen LogP contribution in [0.4, 0.5) is 0 Å². The molecule has 3 heteroatoms. The summed E-state index contributed by atoms with van der Waals surface area (Å²) in [6, 6.07) is 8.73. The summed E-state index contributed by atoms with van der Waals surface area (Å²) in [6.45, 7) is 0. The molecule has 0 aromatic heterocycles. The summed E-state index contributed by atoms with van der Waals surface area (Å²) in [5.41, 5.74) is 1.76. The molecule has 0 spiro atoms. The molecule has 0 amide bonds. The lowest BCUT2D eigenvalue weighted by molar-refractivity contribution is -0.103. The molecule has 70 valence electrons. The van der Waals surface area contributed by atoms with E-state index in [9.17, 15) is 4.79 Å². The van der Waals surface area contributed by atoms with Gasteiger partial charge in [0.1, 0.15) is 0 Å². The molecule has 0 radical (unpaired) electrons. The summed E-state index contributed by atoms with van der Waals surface area (Å²) in [4.78, 5) is 10.6. The zero-order valence-electron chi connectivity index (χ0n) is 7.73. The predicted molar refractivity (Wildman–Crippen MR) is 52.2 cm³/mol. The van der Waals surface area contributed by atoms with Crippen LogP contribution in [0.15, 0.2) is 30.5 Å². The number of allylic oxidation sites excluding steroid dienone is 1. The van der Waals surface area contributed by atoms with Crippen molar-refractivity contribution in [3.8, 4) is 6.07 Å². The molecule has 0 unspecified atom stereocenters. The molecule has 0 N–H and O–H groups in total. The Labute approximate surface area is 82.2 Å². The van der Waals surface area contributed by atoms with Gasteiger partial charge in [-0.25, -0.2) is 0 Å². The van der Waals surface area contributed by atoms with Gasteiger partial charge in [0, 0.05) is 0 Å². The number of carbonyl (C=O) groups excluding carboxylic acids is 1. The summed E-state index contributed by atoms with van der Waals surface area (Å²) in [5.74, 6) is 0. The van der Waals surface area contributed by atoms with Crippen molar-refractivity contribution in [2.75, 3.05) is 7.11 Å². The summed E-state index contributed by atoms with van der Waals surface area (Å²) in [5, 5.41) is 8.57. The van der Waals surface area contributed by atoms with E-state index in [1.807, 2.05) is 6.07 Å². The third kappa shape index (κ3) is 2.20. The second-order valence-electron chi connectivity index (χ2n) is 2.62. The molecule has 0 aliphatic carbocycles. The van der Waals surface area contributed by atoms with E-state index in [2.05, 4.69) is 0 Å². The first-order chi connectivity index (χ1) is 6.81. The Morgan fingerprint density at radius 2 is 2.07 bits per heavy atom. The highest BCUT2D eigenvalue weighted by atomic mass is 16.5. The van der Waals surface area contributed by atoms with Gasteiger partial charge >= 0.3 is 0 Å². The minimum atomic E-state index is 0.456. The number of ether oxygens (including phenoxy) is 1. The maximum absolute atomic E-state index is 10.6. The Morgan fingerprint density at radius 3 is 2.50 bits per heavy atom. The monoisotopic (exact) mass is 187 g/mol. The molecule has 0 saturated heterocycles. The number of hydrogen-bond donors (Lipinski definition) is 0. The standard InChI is InChI=1S/C11H9NO2/c1-14-8-11(7-13)10-4-2-9(6-12)3-5-10/h2-5,7-8H,1H3. The molecule has 0 saturated carbocycles. The summed E-state index contributed by atoms with van der Waals surface area (Å²) < 4.78 is 4.75. The lowest BCUT2D eigenvalue weighted by Crippen LogP contribution is -1.87. The number of nitrogens with zero attached hydrogens (tertiary/aromatic N) is 1. The molecule has 0 atom stereocenters. The van der Waals surface area contributed by atoms with E-state index in [4.69, 9.17) is 10.00 Å². The van der Waals surface area contributed by atoms with Gasteiger partial charge in [-0.05, 0) is 17.7 Å². The van der Waals surface area contributed by atoms with E-state index in [0.29, 0.717) is 17.4 Å². The minimum Gasteiger partial charge on any atom is -0.504 e. The third-order valence-electron chi connectivity index (χ3n) is 1.72. The van der Waals surface area contributed by atoms with Gasteiger partial charge in [0.05, 0.1) is 30.6 Å². The molecule has 14 heavy (non-hydrogen) atoms. The third-order valence-corrected chi connectivity index (χ3v) is 1.72. The predicted octanol–water partition coefficient (Wildman–Crippen LogP) is 1.74. The Bertz CT molecular complexity index is 385. The fourth-order valence-electron chi connectivity index (χ4n) is 1.03. The first kappa shape index (κ1) is 10.0. The molecule has 0 heterocycles. The van der Waals surface area contributed by atoms with Crippen molar-refractivity contribution in [2.45, 2.75) is 0 Å². The molecule has 0 bridgehead atoms. The molecule has 0 fully saturated rings. The van der Waals surface area contributed by atoms with E-state index in [-0.39, 0.29) is 0 Å². The van der Waals surface area contributed by atoms with Crippen LogP contribution in [0.1, 0.15) is 11.1 Å². The van der Waals surface area contributed by atoms with Crippen molar-refractivity contribution < 1.29 is 9.53 Å². The maximum Gasteiger partial charge on any atom is 0.153 e. The van der Waals surface area contributed by atoms with Crippen molar-refractivity contribution >= 4 is 11.9 Å². The summed E-state index contributed by atoms with van der Waals surface area (Å²) in [6.07, 6.45) is 2.08. The smallest absolute Gasteiger partial charge is 0.153 e. The second kappa shape index (κ2) is 4.83. The highest BCUT2D eigenvalue weighted by molar-refractivity contribution is 6.06. The molecule has 3 nitrogen and oxygen atoms in total. The average molecular weight is 187 g/mol. The van der Waals surface area contributed by atoms with Gasteiger partial charge in [-0.1, -0.05) is 12.1 Å². The molecular weight excluding hydrogens is 178 g/mol. The van der Waals surface area contributed by atoms with E-state index < -0.39 is 0 Å². The number of methoxy groups -OCH3 is 1. The van der Waals surface area contributed by atoms with Crippen molar-refractivity contribution in [2.24, 2.45) is 0 Å². The van der Waals surface area contributed by atoms with Crippen LogP contribution in [-0.4, -0.2) is 13.4 Å². The topological polar surface area (TPSA) is 50.1 Å². The lowest BCUT2D eigenvalue weighted by Gasteiger charge is -1.99. The van der Waals surface area contributed by atoms with Crippen LogP contribution in [0.3, 0.4) is 0 Å². The quantitative estimate of drug-likeness (QED) is 0.411. The molecule has 1 aromatic carbocycles. The minimum absolute atomic E-state index is 0.456. The first-order valence-electron chi connectivity index (χ1n) is 4.00. The number of nitriles is 1. The fourth-order valence-corrected chi connectivity index (χ4v) is 1.03. The van der Waals surface area contributed by atoms with Crippen LogP contribution in [-0.2, 0) is 9.53 Å². The van der Waals surface area contributed by atoms with Crippen molar-refractivity contribution in [3.05, 3.63) is 41.7 Å². The van der Waals surface area contributed by atoms with Crippen LogP contribution in [0.2, 0.25) is 0 Å². The Hall–Kier alpha value is -2.08. The van der Waals surface area contributed by atoms with Crippen LogP contribution in [0.25, 0.3) is 5.57 Å². The van der Waals surface area contributed by atoms with Gasteiger partial charge in [-0.3, -0.25) is 4.79 Å². The van der Waals surface area contributed by atoms with Gasteiger partial charge in [0.25, 0.3) is 0 Å². The number of carbonyl (C=O) groups is 1. The van der Waals surface area contributed by atoms with Crippen LogP contribution in [0, 0.1) is 11.3 Å². The molecule has 0 aliphatic rings. The van der Waals surface area contributed by atoms with E-state index in [1.165, 1.54) is 13.4 Å². The van der Waals surface area contributed by atoms with Gasteiger partial charge in [0.2, 0.25) is 0 Å². The lowest BCUT2D eigenvalue weighted by atomic mass is 10.1. The largest absolute Gasteiger partial charge is 0.504 e. The second-order valence-corrected chi connectivity index (χ2v) is 2.62. The maximum atomic E-state index is 10.6. The molecule has 1 rings (SSSR count). The van der Waals surface area contributed by atoms with Crippen LogP contribution >= 0.6 is 0 Å². The zero-order chi connectivity index (χ0) is 10.4. The van der Waals surface area contributed by atoms with E-state index in [0.717, 1.165) is 5.56 Å². The Morgan fingerprint density at radius 1 is 1.43 bits per heavy atom. The fraction of sp³-hybridized carbons (Fsp3) is 0.0909. The van der Waals surface area contributed by atoms with Crippen molar-refractivity contribution in [3.63, 3.8) is 0 Å². The molecule has 1 aromatic rings. The number of benzene rings is 1. The number of rotatable bonds is 3. The summed E-state index contributed by atoms with van der Waals surface area (Å²) >= 11 is 0. The van der Waals surface area contributed by atoms with Crippen molar-refractivity contribution in [1.82, 2.24) is 0 Å². The zero-order valence-corrected chi connectivity index (χ0v) is 7.73. The Kier molecular flexibility index (Phi) is 3.45. The number of aldehydes is 1. The molecular formula is C11H9NO2. The number of hydrogen-bond acceptors (Lipinski definition) is 3. The van der Waals surface area contributed by atoms with E-state index >= 15 is 0 Å². The van der Waals surface area contributed by atoms with Crippen LogP contribution < -0.4 is 0 Å². The van der Waals surface area contributed by atoms with Crippen molar-refractivity contribution in [1.29, 1.82) is 5.26 Å². The molecule has 0 aliphatic heterocycles. The Balaban J connectivity index is 3.02. The normalized spacial score (nSPS) is 10.4. The highest BCUT2D eigenvalue weighted by Gasteiger charge is 1.99. The van der Waals surface area contributed by atoms with Gasteiger partial charge in [-0.2, -0.15) is 5.26 Å². The van der Waals surface area contributed by atoms with Gasteiger partial charge < -0.3 is 4.74 Å². The first-order valence-corrected chi connectivity index (χ1v) is 4.00. The SMILES string of the molecule is COC=C(C=O)c1ccc(C#N)cc1. The van der Waals surface area contributed by atoms with Gasteiger partial charge in [0.15, 0.2) is 6.29 Å². The average Bonchev–Trinajstić information content (AvgIpc) is 2.26.